The van der Waals surface area contributed by atoms with Crippen LogP contribution in [0, 0.1) is 0 Å². The van der Waals surface area contributed by atoms with E-state index in [0.717, 1.165) is 11.3 Å². The Morgan fingerprint density at radius 1 is 1.29 bits per heavy atom. The number of carboxylic acid groups (broad SMARTS) is 1. The van der Waals surface area contributed by atoms with Gasteiger partial charge in [0.25, 0.3) is 0 Å². The number of ether oxygens (including phenoxy) is 1. The van der Waals surface area contributed by atoms with Crippen LogP contribution in [0.15, 0.2) is 30.3 Å². The van der Waals surface area contributed by atoms with Gasteiger partial charge in [-0.15, -0.1) is 0 Å². The average molecular weight is 291 g/mol. The van der Waals surface area contributed by atoms with Crippen LogP contribution in [-0.2, 0) is 9.59 Å². The summed E-state index contributed by atoms with van der Waals surface area (Å²) in [5, 5.41) is 11.4. The summed E-state index contributed by atoms with van der Waals surface area (Å²) >= 11 is 0. The van der Waals surface area contributed by atoms with Gasteiger partial charge in [-0.25, -0.2) is 0 Å². The first-order valence-corrected chi connectivity index (χ1v) is 6.98. The molecule has 1 amide bonds. The highest BCUT2D eigenvalue weighted by Gasteiger charge is 2.12. The van der Waals surface area contributed by atoms with Crippen molar-refractivity contribution in [2.75, 3.05) is 6.61 Å². The maximum Gasteiger partial charge on any atom is 0.305 e. The van der Waals surface area contributed by atoms with Gasteiger partial charge >= 0.3 is 5.97 Å². The third-order valence-electron chi connectivity index (χ3n) is 2.88. The number of aliphatic carboxylic acids is 1. The number of carbonyl (C=O) groups excluding carboxylic acids is 1. The van der Waals surface area contributed by atoms with Gasteiger partial charge in [-0.05, 0) is 37.1 Å². The van der Waals surface area contributed by atoms with Gasteiger partial charge in [0.15, 0.2) is 0 Å². The van der Waals surface area contributed by atoms with Crippen LogP contribution in [0.25, 0.3) is 6.08 Å². The number of carbonyl (C=O) groups is 2. The molecule has 1 rings (SSSR count). The molecule has 1 aromatic carbocycles. The van der Waals surface area contributed by atoms with Crippen LogP contribution in [0.2, 0.25) is 0 Å². The molecule has 0 heterocycles. The second kappa shape index (κ2) is 8.79. The van der Waals surface area contributed by atoms with Crippen LogP contribution < -0.4 is 10.1 Å². The molecule has 1 unspecified atom stereocenters. The van der Waals surface area contributed by atoms with Gasteiger partial charge in [0.05, 0.1) is 13.0 Å². The van der Waals surface area contributed by atoms with Gasteiger partial charge in [0, 0.05) is 12.1 Å². The molecule has 0 fully saturated rings. The molecule has 1 atom stereocenters. The van der Waals surface area contributed by atoms with Gasteiger partial charge in [0.2, 0.25) is 5.91 Å². The summed E-state index contributed by atoms with van der Waals surface area (Å²) in [7, 11) is 0. The molecule has 0 aromatic heterocycles. The number of nitrogens with one attached hydrogen (secondary N) is 1. The summed E-state index contributed by atoms with van der Waals surface area (Å²) < 4.78 is 5.33. The van der Waals surface area contributed by atoms with Crippen LogP contribution in [0.5, 0.6) is 5.75 Å². The molecule has 0 spiro atoms. The van der Waals surface area contributed by atoms with Crippen molar-refractivity contribution in [3.63, 3.8) is 0 Å². The summed E-state index contributed by atoms with van der Waals surface area (Å²) in [4.78, 5) is 22.4. The van der Waals surface area contributed by atoms with Crippen LogP contribution in [0.4, 0.5) is 0 Å². The third kappa shape index (κ3) is 6.61. The number of amides is 1. The monoisotopic (exact) mass is 291 g/mol. The first-order chi connectivity index (χ1) is 10.0. The van der Waals surface area contributed by atoms with Crippen LogP contribution in [0.1, 0.15) is 32.3 Å². The van der Waals surface area contributed by atoms with Crippen LogP contribution >= 0.6 is 0 Å². The van der Waals surface area contributed by atoms with E-state index < -0.39 is 5.97 Å². The molecule has 5 heteroatoms. The topological polar surface area (TPSA) is 75.6 Å². The normalized spacial score (nSPS) is 12.1. The Labute approximate surface area is 124 Å². The van der Waals surface area contributed by atoms with Crippen molar-refractivity contribution in [3.8, 4) is 5.75 Å². The molecule has 0 saturated heterocycles. The van der Waals surface area contributed by atoms with Crippen molar-refractivity contribution < 1.29 is 19.4 Å². The lowest BCUT2D eigenvalue weighted by Gasteiger charge is -2.12. The van der Waals surface area contributed by atoms with Gasteiger partial charge in [-0.1, -0.05) is 19.1 Å². The molecule has 0 radical (unpaired) electrons. The highest BCUT2D eigenvalue weighted by atomic mass is 16.5. The zero-order valence-corrected chi connectivity index (χ0v) is 12.3. The van der Waals surface area contributed by atoms with Crippen LogP contribution in [0.3, 0.4) is 0 Å². The average Bonchev–Trinajstić information content (AvgIpc) is 2.45. The Hall–Kier alpha value is -2.30. The molecule has 0 aliphatic rings. The summed E-state index contributed by atoms with van der Waals surface area (Å²) in [5.74, 6) is -0.429. The molecule has 114 valence electrons. The largest absolute Gasteiger partial charge is 0.494 e. The lowest BCUT2D eigenvalue weighted by Crippen LogP contribution is -2.34. The zero-order valence-electron chi connectivity index (χ0n) is 12.3. The van der Waals surface area contributed by atoms with Crippen molar-refractivity contribution in [1.29, 1.82) is 0 Å². The molecule has 0 aliphatic heterocycles. The number of carboxylic acids is 1. The smallest absolute Gasteiger partial charge is 0.305 e. The van der Waals surface area contributed by atoms with Gasteiger partial charge in [-0.2, -0.15) is 0 Å². The number of benzene rings is 1. The predicted octanol–water partition coefficient (Wildman–Crippen LogP) is 2.47. The Morgan fingerprint density at radius 2 is 1.95 bits per heavy atom. The minimum atomic E-state index is -0.919. The van der Waals surface area contributed by atoms with E-state index in [0.29, 0.717) is 13.0 Å². The van der Waals surface area contributed by atoms with E-state index in [-0.39, 0.29) is 18.4 Å². The Morgan fingerprint density at radius 3 is 2.48 bits per heavy atom. The Bertz CT molecular complexity index is 494. The molecule has 0 aliphatic carbocycles. The van der Waals surface area contributed by atoms with E-state index >= 15 is 0 Å². The molecule has 21 heavy (non-hydrogen) atoms. The van der Waals surface area contributed by atoms with Gasteiger partial charge in [-0.3, -0.25) is 9.59 Å². The SMILES string of the molecule is CCOc1ccc(/C=C/C(=O)NC(CC)CC(=O)O)cc1. The highest BCUT2D eigenvalue weighted by Crippen LogP contribution is 2.13. The molecule has 1 aromatic rings. The van der Waals surface area contributed by atoms with Crippen molar-refractivity contribution in [2.24, 2.45) is 0 Å². The van der Waals surface area contributed by atoms with Crippen molar-refractivity contribution in [2.45, 2.75) is 32.7 Å². The van der Waals surface area contributed by atoms with Crippen molar-refractivity contribution in [1.82, 2.24) is 5.32 Å². The minimum Gasteiger partial charge on any atom is -0.494 e. The fourth-order valence-corrected chi connectivity index (χ4v) is 1.77. The molecular formula is C16H21NO4. The fourth-order valence-electron chi connectivity index (χ4n) is 1.77. The van der Waals surface area contributed by atoms with Gasteiger partial charge < -0.3 is 15.2 Å². The fraction of sp³-hybridized carbons (Fsp3) is 0.375. The molecule has 0 saturated carbocycles. The maximum absolute atomic E-state index is 11.7. The Kier molecular flexibility index (Phi) is 7.01. The minimum absolute atomic E-state index is 0.0703. The maximum atomic E-state index is 11.7. The summed E-state index contributed by atoms with van der Waals surface area (Å²) in [6, 6.07) is 7.02. The first-order valence-electron chi connectivity index (χ1n) is 6.98. The van der Waals surface area contributed by atoms with E-state index in [4.69, 9.17) is 9.84 Å². The predicted molar refractivity (Wildman–Crippen MR) is 81.1 cm³/mol. The number of hydrogen-bond acceptors (Lipinski definition) is 3. The van der Waals surface area contributed by atoms with Gasteiger partial charge in [0.1, 0.15) is 5.75 Å². The number of hydrogen-bond donors (Lipinski definition) is 2. The highest BCUT2D eigenvalue weighted by molar-refractivity contribution is 5.92. The standard InChI is InChI=1S/C16H21NO4/c1-3-13(11-16(19)20)17-15(18)10-7-12-5-8-14(9-6-12)21-4-2/h5-10,13H,3-4,11H2,1-2H3,(H,17,18)(H,19,20)/b10-7+. The Balaban J connectivity index is 2.54. The second-order valence-corrected chi connectivity index (χ2v) is 4.55. The quantitative estimate of drug-likeness (QED) is 0.721. The second-order valence-electron chi connectivity index (χ2n) is 4.55. The van der Waals surface area contributed by atoms with E-state index in [1.165, 1.54) is 6.08 Å². The van der Waals surface area contributed by atoms with E-state index in [1.807, 2.05) is 38.1 Å². The van der Waals surface area contributed by atoms with Crippen molar-refractivity contribution in [3.05, 3.63) is 35.9 Å². The number of rotatable bonds is 8. The molecule has 0 bridgehead atoms. The molecule has 2 N–H and O–H groups in total. The summed E-state index contributed by atoms with van der Waals surface area (Å²) in [6.45, 7) is 4.36. The summed E-state index contributed by atoms with van der Waals surface area (Å²) in [6.07, 6.45) is 3.59. The van der Waals surface area contributed by atoms with E-state index in [2.05, 4.69) is 5.32 Å². The zero-order chi connectivity index (χ0) is 15.7. The summed E-state index contributed by atoms with van der Waals surface area (Å²) in [5.41, 5.74) is 0.875. The van der Waals surface area contributed by atoms with E-state index in [9.17, 15) is 9.59 Å². The third-order valence-corrected chi connectivity index (χ3v) is 2.88. The van der Waals surface area contributed by atoms with Crippen LogP contribution in [-0.4, -0.2) is 29.6 Å². The van der Waals surface area contributed by atoms with E-state index in [1.54, 1.807) is 6.08 Å². The van der Waals surface area contributed by atoms with Crippen molar-refractivity contribution >= 4 is 18.0 Å². The lowest BCUT2D eigenvalue weighted by molar-refractivity contribution is -0.137. The molecular weight excluding hydrogens is 270 g/mol. The molecule has 5 nitrogen and oxygen atoms in total. The lowest BCUT2D eigenvalue weighted by atomic mass is 10.1. The first kappa shape index (κ1) is 16.8.